The summed E-state index contributed by atoms with van der Waals surface area (Å²) in [6.45, 7) is 4.35. The molecular weight excluding hydrogens is 227 g/mol. The molecular formula is C18H14B. The lowest BCUT2D eigenvalue weighted by Crippen LogP contribution is -2.21. The smallest absolute Gasteiger partial charge is 0.0735 e. The van der Waals surface area contributed by atoms with Crippen molar-refractivity contribution in [1.82, 2.24) is 0 Å². The summed E-state index contributed by atoms with van der Waals surface area (Å²) in [6, 6.07) is 17.8. The molecule has 3 aromatic carbocycles. The van der Waals surface area contributed by atoms with Crippen LogP contribution in [0.4, 0.5) is 0 Å². The zero-order valence-corrected chi connectivity index (χ0v) is 11.2. The van der Waals surface area contributed by atoms with Crippen LogP contribution < -0.4 is 10.9 Å². The second-order valence-corrected chi connectivity index (χ2v) is 5.44. The van der Waals surface area contributed by atoms with Gasteiger partial charge in [0, 0.05) is 0 Å². The Morgan fingerprint density at radius 2 is 1.58 bits per heavy atom. The van der Waals surface area contributed by atoms with E-state index >= 15 is 0 Å². The van der Waals surface area contributed by atoms with E-state index in [0.29, 0.717) is 0 Å². The van der Waals surface area contributed by atoms with Crippen LogP contribution in [0.25, 0.3) is 21.9 Å². The van der Waals surface area contributed by atoms with Gasteiger partial charge in [-0.3, -0.25) is 0 Å². The quantitative estimate of drug-likeness (QED) is 0.415. The van der Waals surface area contributed by atoms with Crippen molar-refractivity contribution in [2.45, 2.75) is 13.8 Å². The highest BCUT2D eigenvalue weighted by Gasteiger charge is 2.22. The Labute approximate surface area is 114 Å². The molecule has 0 atom stereocenters. The normalized spacial score (nSPS) is 12.1. The topological polar surface area (TPSA) is 0 Å². The van der Waals surface area contributed by atoms with Crippen molar-refractivity contribution in [2.75, 3.05) is 0 Å². The van der Waals surface area contributed by atoms with Crippen molar-refractivity contribution in [3.63, 3.8) is 0 Å². The number of hydrogen-bond donors (Lipinski definition) is 0. The van der Waals surface area contributed by atoms with Crippen LogP contribution in [0.15, 0.2) is 48.5 Å². The van der Waals surface area contributed by atoms with Gasteiger partial charge in [0.25, 0.3) is 0 Å². The number of fused-ring (bicyclic) bond motifs is 5. The van der Waals surface area contributed by atoms with Gasteiger partial charge in [-0.15, -0.1) is 0 Å². The molecule has 89 valence electrons. The van der Waals surface area contributed by atoms with Crippen LogP contribution in [0.5, 0.6) is 0 Å². The Morgan fingerprint density at radius 1 is 0.789 bits per heavy atom. The lowest BCUT2D eigenvalue weighted by atomic mass is 9.67. The Kier molecular flexibility index (Phi) is 2.14. The molecule has 0 N–H and O–H groups in total. The number of hydrogen-bond acceptors (Lipinski definition) is 0. The van der Waals surface area contributed by atoms with Gasteiger partial charge >= 0.3 is 0 Å². The third kappa shape index (κ3) is 1.48. The fourth-order valence-electron chi connectivity index (χ4n) is 3.19. The minimum absolute atomic E-state index is 1.32. The van der Waals surface area contributed by atoms with Crippen molar-refractivity contribution in [3.05, 3.63) is 59.7 Å². The van der Waals surface area contributed by atoms with Crippen LogP contribution in [0.2, 0.25) is 0 Å². The number of aryl methyl sites for hydroxylation is 2. The van der Waals surface area contributed by atoms with Crippen molar-refractivity contribution in [3.8, 4) is 11.1 Å². The van der Waals surface area contributed by atoms with Crippen molar-refractivity contribution in [2.24, 2.45) is 0 Å². The summed E-state index contributed by atoms with van der Waals surface area (Å²) >= 11 is 0. The third-order valence-electron chi connectivity index (χ3n) is 4.07. The SMILES string of the molecule is Cc1ccc2c(c1)[B]c1cc(C)c3ccccc3c1-2. The van der Waals surface area contributed by atoms with Gasteiger partial charge in [0.1, 0.15) is 0 Å². The van der Waals surface area contributed by atoms with Crippen LogP contribution in [0, 0.1) is 13.8 Å². The summed E-state index contributed by atoms with van der Waals surface area (Å²) < 4.78 is 0. The second-order valence-electron chi connectivity index (χ2n) is 5.44. The Morgan fingerprint density at radius 3 is 2.42 bits per heavy atom. The molecule has 0 saturated heterocycles. The van der Waals surface area contributed by atoms with Crippen LogP contribution >= 0.6 is 0 Å². The highest BCUT2D eigenvalue weighted by molar-refractivity contribution is 6.74. The molecule has 19 heavy (non-hydrogen) atoms. The number of benzene rings is 3. The zero-order valence-electron chi connectivity index (χ0n) is 11.2. The Bertz CT molecular complexity index is 815. The Balaban J connectivity index is 2.14. The predicted molar refractivity (Wildman–Crippen MR) is 83.9 cm³/mol. The molecule has 0 fully saturated rings. The minimum atomic E-state index is 1.32. The second kappa shape index (κ2) is 3.74. The average molecular weight is 241 g/mol. The van der Waals surface area contributed by atoms with Crippen molar-refractivity contribution in [1.29, 1.82) is 0 Å². The van der Waals surface area contributed by atoms with E-state index in [1.54, 1.807) is 0 Å². The van der Waals surface area contributed by atoms with E-state index in [4.69, 9.17) is 0 Å². The first-order valence-corrected chi connectivity index (χ1v) is 6.72. The number of rotatable bonds is 0. The fraction of sp³-hybridized carbons (Fsp3) is 0.111. The third-order valence-corrected chi connectivity index (χ3v) is 4.07. The lowest BCUT2D eigenvalue weighted by Gasteiger charge is -2.10. The maximum Gasteiger partial charge on any atom is 0.193 e. The molecule has 3 aromatic rings. The van der Waals surface area contributed by atoms with Crippen LogP contribution in [-0.4, -0.2) is 7.28 Å². The van der Waals surface area contributed by atoms with Gasteiger partial charge in [-0.25, -0.2) is 0 Å². The fourth-order valence-corrected chi connectivity index (χ4v) is 3.19. The first-order valence-electron chi connectivity index (χ1n) is 6.72. The van der Waals surface area contributed by atoms with E-state index in [2.05, 4.69) is 69.7 Å². The van der Waals surface area contributed by atoms with Gasteiger partial charge in [0.2, 0.25) is 0 Å². The van der Waals surface area contributed by atoms with Crippen molar-refractivity contribution < 1.29 is 0 Å². The van der Waals surface area contributed by atoms with E-state index in [1.165, 1.54) is 44.0 Å². The molecule has 4 rings (SSSR count). The molecule has 1 heteroatoms. The largest absolute Gasteiger partial charge is 0.193 e. The molecule has 1 aliphatic heterocycles. The van der Waals surface area contributed by atoms with Gasteiger partial charge in [0.05, 0.1) is 0 Å². The van der Waals surface area contributed by atoms with Gasteiger partial charge < -0.3 is 0 Å². The highest BCUT2D eigenvalue weighted by Crippen LogP contribution is 2.30. The molecule has 0 bridgehead atoms. The Hall–Kier alpha value is -2.02. The lowest BCUT2D eigenvalue weighted by molar-refractivity contribution is 1.50. The van der Waals surface area contributed by atoms with Gasteiger partial charge in [-0.1, -0.05) is 65.0 Å². The summed E-state index contributed by atoms with van der Waals surface area (Å²) in [5.41, 5.74) is 8.16. The van der Waals surface area contributed by atoms with Crippen molar-refractivity contribution >= 4 is 29.0 Å². The molecule has 0 saturated carbocycles. The molecule has 0 unspecified atom stereocenters. The van der Waals surface area contributed by atoms with E-state index in [1.807, 2.05) is 0 Å². The summed E-state index contributed by atoms with van der Waals surface area (Å²) in [5.74, 6) is 0. The molecule has 1 aliphatic rings. The molecule has 0 spiro atoms. The summed E-state index contributed by atoms with van der Waals surface area (Å²) in [6.07, 6.45) is 0. The minimum Gasteiger partial charge on any atom is -0.0735 e. The van der Waals surface area contributed by atoms with E-state index in [0.717, 1.165) is 0 Å². The summed E-state index contributed by atoms with van der Waals surface area (Å²) in [5, 5.41) is 2.74. The maximum atomic E-state index is 2.32. The van der Waals surface area contributed by atoms with Crippen LogP contribution in [0.3, 0.4) is 0 Å². The average Bonchev–Trinajstić information content (AvgIpc) is 2.76. The molecule has 1 radical (unpaired) electrons. The van der Waals surface area contributed by atoms with E-state index in [9.17, 15) is 0 Å². The van der Waals surface area contributed by atoms with Gasteiger partial charge in [-0.05, 0) is 41.3 Å². The molecule has 0 nitrogen and oxygen atoms in total. The van der Waals surface area contributed by atoms with E-state index < -0.39 is 0 Å². The molecule has 1 heterocycles. The van der Waals surface area contributed by atoms with Gasteiger partial charge in [0.15, 0.2) is 7.28 Å². The first kappa shape index (κ1) is 10.9. The van der Waals surface area contributed by atoms with Crippen LogP contribution in [-0.2, 0) is 0 Å². The van der Waals surface area contributed by atoms with Crippen LogP contribution in [0.1, 0.15) is 11.1 Å². The zero-order chi connectivity index (χ0) is 13.0. The van der Waals surface area contributed by atoms with Gasteiger partial charge in [-0.2, -0.15) is 0 Å². The molecule has 0 aromatic heterocycles. The molecule has 0 aliphatic carbocycles. The standard InChI is InChI=1S/C18H14B/c1-11-7-8-15-16(9-11)19-17-10-12(2)13-5-3-4-6-14(13)18(15)17/h3-10H,1-2H3. The van der Waals surface area contributed by atoms with E-state index in [-0.39, 0.29) is 0 Å². The highest BCUT2D eigenvalue weighted by atomic mass is 14.2. The molecule has 0 amide bonds. The summed E-state index contributed by atoms with van der Waals surface area (Å²) in [4.78, 5) is 0. The summed E-state index contributed by atoms with van der Waals surface area (Å²) in [7, 11) is 2.32. The predicted octanol–water partition coefficient (Wildman–Crippen LogP) is 3.09. The monoisotopic (exact) mass is 241 g/mol. The maximum absolute atomic E-state index is 2.32. The first-order chi connectivity index (χ1) is 9.24.